The van der Waals surface area contributed by atoms with Crippen molar-refractivity contribution in [1.82, 2.24) is 15.1 Å². The molecule has 1 saturated carbocycles. The van der Waals surface area contributed by atoms with E-state index in [2.05, 4.69) is 42.1 Å². The Labute approximate surface area is 164 Å². The number of methoxy groups -OCH3 is 2. The van der Waals surface area contributed by atoms with Crippen LogP contribution in [0.5, 0.6) is 11.5 Å². The molecule has 1 aromatic carbocycles. The van der Waals surface area contributed by atoms with Gasteiger partial charge in [-0.05, 0) is 50.4 Å². The van der Waals surface area contributed by atoms with Gasteiger partial charge in [0.05, 0.1) is 20.8 Å². The Morgan fingerprint density at radius 3 is 2.48 bits per heavy atom. The van der Waals surface area contributed by atoms with E-state index in [4.69, 9.17) is 14.5 Å². The molecule has 1 N–H and O–H groups in total. The van der Waals surface area contributed by atoms with E-state index >= 15 is 0 Å². The Kier molecular flexibility index (Phi) is 8.72. The smallest absolute Gasteiger partial charge is 0.193 e. The fraction of sp³-hybridized carbons (Fsp3) is 0.667. The predicted molar refractivity (Wildman–Crippen MR) is 112 cm³/mol. The summed E-state index contributed by atoms with van der Waals surface area (Å²) in [7, 11) is 5.43. The summed E-state index contributed by atoms with van der Waals surface area (Å²) in [5.74, 6) is 2.52. The molecule has 1 aromatic rings. The summed E-state index contributed by atoms with van der Waals surface area (Å²) in [6.07, 6.45) is 3.62. The first-order valence-corrected chi connectivity index (χ1v) is 10.1. The molecule has 152 valence electrons. The molecule has 0 aliphatic heterocycles. The lowest BCUT2D eigenvalue weighted by molar-refractivity contribution is 0.285. The van der Waals surface area contributed by atoms with Crippen molar-refractivity contribution in [2.24, 2.45) is 4.99 Å². The minimum atomic E-state index is 0.764. The Hall–Kier alpha value is -1.95. The lowest BCUT2D eigenvalue weighted by atomic mass is 10.1. The highest BCUT2D eigenvalue weighted by atomic mass is 16.5. The van der Waals surface area contributed by atoms with E-state index in [0.29, 0.717) is 0 Å². The van der Waals surface area contributed by atoms with E-state index in [1.807, 2.05) is 12.1 Å². The highest BCUT2D eigenvalue weighted by Gasteiger charge is 2.27. The van der Waals surface area contributed by atoms with Gasteiger partial charge in [-0.2, -0.15) is 0 Å². The minimum absolute atomic E-state index is 0.764. The maximum absolute atomic E-state index is 5.40. The zero-order valence-electron chi connectivity index (χ0n) is 17.6. The van der Waals surface area contributed by atoms with Crippen molar-refractivity contribution in [1.29, 1.82) is 0 Å². The number of benzene rings is 1. The second-order valence-corrected chi connectivity index (χ2v) is 6.96. The van der Waals surface area contributed by atoms with Crippen molar-refractivity contribution < 1.29 is 9.47 Å². The standard InChI is InChI=1S/C21H36N4O2/c1-6-22-21(23-13-15-25(7-2)18-9-10-18)24(3)14-12-17-8-11-19(26-4)20(16-17)27-5/h8,11,16,18H,6-7,9-10,12-15H2,1-5H3,(H,22,23). The highest BCUT2D eigenvalue weighted by molar-refractivity contribution is 5.79. The third-order valence-electron chi connectivity index (χ3n) is 5.00. The van der Waals surface area contributed by atoms with E-state index in [1.165, 1.54) is 18.4 Å². The number of nitrogens with one attached hydrogen (secondary N) is 1. The zero-order chi connectivity index (χ0) is 19.6. The van der Waals surface area contributed by atoms with E-state index in [1.54, 1.807) is 14.2 Å². The average Bonchev–Trinajstić information content (AvgIpc) is 3.53. The molecule has 0 aromatic heterocycles. The first kappa shape index (κ1) is 21.4. The van der Waals surface area contributed by atoms with Gasteiger partial charge in [-0.3, -0.25) is 9.89 Å². The van der Waals surface area contributed by atoms with Gasteiger partial charge in [0.1, 0.15) is 0 Å². The zero-order valence-corrected chi connectivity index (χ0v) is 17.6. The summed E-state index contributed by atoms with van der Waals surface area (Å²) < 4.78 is 10.7. The van der Waals surface area contributed by atoms with Gasteiger partial charge in [-0.15, -0.1) is 0 Å². The van der Waals surface area contributed by atoms with Crippen LogP contribution in [0.1, 0.15) is 32.3 Å². The number of hydrogen-bond donors (Lipinski definition) is 1. The minimum Gasteiger partial charge on any atom is -0.493 e. The van der Waals surface area contributed by atoms with E-state index in [-0.39, 0.29) is 0 Å². The maximum atomic E-state index is 5.40. The number of rotatable bonds is 11. The van der Waals surface area contributed by atoms with Crippen molar-refractivity contribution in [3.8, 4) is 11.5 Å². The van der Waals surface area contributed by atoms with Gasteiger partial charge in [-0.25, -0.2) is 0 Å². The van der Waals surface area contributed by atoms with Crippen LogP contribution in [0.3, 0.4) is 0 Å². The molecule has 0 amide bonds. The molecular weight excluding hydrogens is 340 g/mol. The second kappa shape index (κ2) is 11.0. The van der Waals surface area contributed by atoms with Crippen LogP contribution in [-0.4, -0.2) is 75.8 Å². The van der Waals surface area contributed by atoms with Crippen LogP contribution in [0.25, 0.3) is 0 Å². The SMILES string of the molecule is CCNC(=NCCN(CC)C1CC1)N(C)CCc1ccc(OC)c(OC)c1. The van der Waals surface area contributed by atoms with Crippen LogP contribution in [0.2, 0.25) is 0 Å². The van der Waals surface area contributed by atoms with Gasteiger partial charge < -0.3 is 19.7 Å². The first-order valence-electron chi connectivity index (χ1n) is 10.1. The number of likely N-dealkylation sites (N-methyl/N-ethyl adjacent to an activating group) is 2. The van der Waals surface area contributed by atoms with Gasteiger partial charge in [0.25, 0.3) is 0 Å². The normalized spacial score (nSPS) is 14.4. The van der Waals surface area contributed by atoms with Gasteiger partial charge in [-0.1, -0.05) is 13.0 Å². The molecule has 27 heavy (non-hydrogen) atoms. The topological polar surface area (TPSA) is 49.3 Å². The number of ether oxygens (including phenoxy) is 2. The van der Waals surface area contributed by atoms with Crippen molar-refractivity contribution in [2.75, 3.05) is 54.0 Å². The van der Waals surface area contributed by atoms with Crippen LogP contribution in [-0.2, 0) is 6.42 Å². The summed E-state index contributed by atoms with van der Waals surface area (Å²) in [6.45, 7) is 9.11. The third kappa shape index (κ3) is 6.61. The number of hydrogen-bond acceptors (Lipinski definition) is 4. The first-order chi connectivity index (χ1) is 13.1. The average molecular weight is 377 g/mol. The summed E-state index contributed by atoms with van der Waals surface area (Å²) >= 11 is 0. The molecule has 1 fully saturated rings. The molecule has 0 unspecified atom stereocenters. The van der Waals surface area contributed by atoms with Crippen molar-refractivity contribution in [3.05, 3.63) is 23.8 Å². The van der Waals surface area contributed by atoms with Crippen molar-refractivity contribution >= 4 is 5.96 Å². The van der Waals surface area contributed by atoms with E-state index < -0.39 is 0 Å². The molecule has 0 radical (unpaired) electrons. The Bertz CT molecular complexity index is 602. The molecular formula is C21H36N4O2. The molecule has 1 aliphatic rings. The monoisotopic (exact) mass is 376 g/mol. The molecule has 0 bridgehead atoms. The second-order valence-electron chi connectivity index (χ2n) is 6.96. The fourth-order valence-corrected chi connectivity index (χ4v) is 3.23. The molecule has 0 saturated heterocycles. The van der Waals surface area contributed by atoms with Crippen LogP contribution in [0.4, 0.5) is 0 Å². The molecule has 0 atom stereocenters. The fourth-order valence-electron chi connectivity index (χ4n) is 3.23. The van der Waals surface area contributed by atoms with Gasteiger partial charge in [0.15, 0.2) is 17.5 Å². The van der Waals surface area contributed by atoms with Gasteiger partial charge in [0.2, 0.25) is 0 Å². The number of guanidine groups is 1. The van der Waals surface area contributed by atoms with Crippen molar-refractivity contribution in [2.45, 2.75) is 39.2 Å². The van der Waals surface area contributed by atoms with E-state index in [9.17, 15) is 0 Å². The molecule has 1 aliphatic carbocycles. The van der Waals surface area contributed by atoms with Crippen molar-refractivity contribution in [3.63, 3.8) is 0 Å². The highest BCUT2D eigenvalue weighted by Crippen LogP contribution is 2.28. The van der Waals surface area contributed by atoms with Gasteiger partial charge >= 0.3 is 0 Å². The lowest BCUT2D eigenvalue weighted by Crippen LogP contribution is -2.40. The predicted octanol–water partition coefficient (Wildman–Crippen LogP) is 2.63. The van der Waals surface area contributed by atoms with Crippen LogP contribution in [0.15, 0.2) is 23.2 Å². The Morgan fingerprint density at radius 1 is 1.15 bits per heavy atom. The molecule has 0 spiro atoms. The molecule has 0 heterocycles. The molecule has 6 heteroatoms. The summed E-state index contributed by atoms with van der Waals surface area (Å²) in [5.41, 5.74) is 1.22. The molecule has 6 nitrogen and oxygen atoms in total. The summed E-state index contributed by atoms with van der Waals surface area (Å²) in [5, 5.41) is 3.41. The maximum Gasteiger partial charge on any atom is 0.193 e. The van der Waals surface area contributed by atoms with Gasteiger partial charge in [0, 0.05) is 32.7 Å². The Morgan fingerprint density at radius 2 is 1.89 bits per heavy atom. The Balaban J connectivity index is 1.89. The van der Waals surface area contributed by atoms with Crippen LogP contribution < -0.4 is 14.8 Å². The number of aliphatic imine (C=N–C) groups is 1. The van der Waals surface area contributed by atoms with E-state index in [0.717, 1.165) is 62.6 Å². The largest absolute Gasteiger partial charge is 0.493 e. The third-order valence-corrected chi connectivity index (χ3v) is 5.00. The van der Waals surface area contributed by atoms with Crippen LogP contribution >= 0.6 is 0 Å². The quantitative estimate of drug-likeness (QED) is 0.475. The summed E-state index contributed by atoms with van der Waals surface area (Å²) in [6, 6.07) is 6.90. The lowest BCUT2D eigenvalue weighted by Gasteiger charge is -2.23. The number of nitrogens with zero attached hydrogens (tertiary/aromatic N) is 3. The van der Waals surface area contributed by atoms with Crippen LogP contribution in [0, 0.1) is 0 Å². The summed E-state index contributed by atoms with van der Waals surface area (Å²) in [4.78, 5) is 9.57. The molecule has 2 rings (SSSR count).